The summed E-state index contributed by atoms with van der Waals surface area (Å²) >= 11 is 0. The molecule has 0 radical (unpaired) electrons. The van der Waals surface area contributed by atoms with Crippen LogP contribution in [0.4, 0.5) is 5.82 Å². The summed E-state index contributed by atoms with van der Waals surface area (Å²) in [5.74, 6) is 0.961. The highest BCUT2D eigenvalue weighted by Gasteiger charge is 2.20. The van der Waals surface area contributed by atoms with Gasteiger partial charge in [-0.3, -0.25) is 4.98 Å². The molecule has 6 rings (SSSR count). The predicted molar refractivity (Wildman–Crippen MR) is 122 cm³/mol. The van der Waals surface area contributed by atoms with Crippen molar-refractivity contribution in [2.75, 3.05) is 31.2 Å². The second-order valence-electron chi connectivity index (χ2n) is 7.61. The van der Waals surface area contributed by atoms with Gasteiger partial charge in [0, 0.05) is 36.4 Å². The van der Waals surface area contributed by atoms with E-state index < -0.39 is 0 Å². The summed E-state index contributed by atoms with van der Waals surface area (Å²) in [6.07, 6.45) is 3.85. The average molecular weight is 407 g/mol. The highest BCUT2D eigenvalue weighted by molar-refractivity contribution is 6.03. The molecule has 1 saturated heterocycles. The molecule has 0 saturated carbocycles. The Kier molecular flexibility index (Phi) is 4.35. The number of morpholine rings is 1. The molecule has 0 atom stereocenters. The maximum absolute atomic E-state index is 5.50. The number of hydrogen-bond donors (Lipinski definition) is 0. The third-order valence-electron chi connectivity index (χ3n) is 5.77. The van der Waals surface area contributed by atoms with Crippen molar-refractivity contribution in [3.8, 4) is 22.5 Å². The molecule has 6 heteroatoms. The largest absolute Gasteiger partial charge is 0.378 e. The standard InChI is InChI=1S/C25H21N5O/c1-2-7-20-18(6-1)19(11-12-26-20)24-22-9-3-4-13-30(22)28-25(24)21-8-5-10-23(27-21)29-14-16-31-17-15-29/h1-13H,14-17H2. The molecule has 5 heterocycles. The molecular weight excluding hydrogens is 386 g/mol. The van der Waals surface area contributed by atoms with Crippen LogP contribution in [-0.2, 0) is 4.74 Å². The second kappa shape index (κ2) is 7.49. The molecule has 0 bridgehead atoms. The molecule has 1 aromatic carbocycles. The monoisotopic (exact) mass is 407 g/mol. The Morgan fingerprint density at radius 2 is 1.71 bits per heavy atom. The molecule has 0 amide bonds. The zero-order valence-electron chi connectivity index (χ0n) is 17.0. The van der Waals surface area contributed by atoms with Crippen LogP contribution in [0.25, 0.3) is 38.9 Å². The molecule has 6 nitrogen and oxygen atoms in total. The van der Waals surface area contributed by atoms with Gasteiger partial charge >= 0.3 is 0 Å². The van der Waals surface area contributed by atoms with Crippen LogP contribution < -0.4 is 4.90 Å². The van der Waals surface area contributed by atoms with Crippen LogP contribution in [0.15, 0.2) is 79.1 Å². The number of aromatic nitrogens is 4. The minimum atomic E-state index is 0.731. The highest BCUT2D eigenvalue weighted by atomic mass is 16.5. The third-order valence-corrected chi connectivity index (χ3v) is 5.77. The van der Waals surface area contributed by atoms with E-state index in [1.807, 2.05) is 47.2 Å². The Bertz CT molecular complexity index is 1380. The van der Waals surface area contributed by atoms with E-state index in [0.29, 0.717) is 0 Å². The van der Waals surface area contributed by atoms with Crippen molar-refractivity contribution >= 4 is 22.2 Å². The van der Waals surface area contributed by atoms with Crippen molar-refractivity contribution in [2.45, 2.75) is 0 Å². The molecule has 152 valence electrons. The van der Waals surface area contributed by atoms with E-state index in [0.717, 1.165) is 71.1 Å². The van der Waals surface area contributed by atoms with E-state index >= 15 is 0 Å². The number of rotatable bonds is 3. The number of nitrogens with zero attached hydrogens (tertiary/aromatic N) is 5. The molecule has 0 unspecified atom stereocenters. The smallest absolute Gasteiger partial charge is 0.129 e. The summed E-state index contributed by atoms with van der Waals surface area (Å²) in [5.41, 5.74) is 5.94. The van der Waals surface area contributed by atoms with Gasteiger partial charge in [0.15, 0.2) is 0 Å². The van der Waals surface area contributed by atoms with Crippen molar-refractivity contribution in [1.29, 1.82) is 0 Å². The lowest BCUT2D eigenvalue weighted by Crippen LogP contribution is -2.36. The molecule has 5 aromatic rings. The number of benzene rings is 1. The van der Waals surface area contributed by atoms with Gasteiger partial charge in [-0.2, -0.15) is 5.10 Å². The van der Waals surface area contributed by atoms with E-state index in [1.54, 1.807) is 0 Å². The Morgan fingerprint density at radius 3 is 2.65 bits per heavy atom. The van der Waals surface area contributed by atoms with Gasteiger partial charge in [-0.1, -0.05) is 30.3 Å². The first-order valence-corrected chi connectivity index (χ1v) is 10.5. The molecule has 1 fully saturated rings. The first-order valence-electron chi connectivity index (χ1n) is 10.5. The lowest BCUT2D eigenvalue weighted by molar-refractivity contribution is 0.122. The molecule has 4 aromatic heterocycles. The average Bonchev–Trinajstić information content (AvgIpc) is 3.24. The van der Waals surface area contributed by atoms with Crippen molar-refractivity contribution in [3.63, 3.8) is 0 Å². The zero-order chi connectivity index (χ0) is 20.6. The number of fused-ring (bicyclic) bond motifs is 2. The van der Waals surface area contributed by atoms with Crippen LogP contribution in [0.2, 0.25) is 0 Å². The molecule has 1 aliphatic rings. The summed E-state index contributed by atoms with van der Waals surface area (Å²) < 4.78 is 7.44. The number of pyridine rings is 3. The van der Waals surface area contributed by atoms with Gasteiger partial charge in [-0.05, 0) is 42.0 Å². The highest BCUT2D eigenvalue weighted by Crippen LogP contribution is 2.38. The third kappa shape index (κ3) is 3.12. The number of ether oxygens (including phenoxy) is 1. The Balaban J connectivity index is 1.59. The molecule has 0 N–H and O–H groups in total. The minimum Gasteiger partial charge on any atom is -0.378 e. The summed E-state index contributed by atoms with van der Waals surface area (Å²) in [4.78, 5) is 11.8. The van der Waals surface area contributed by atoms with Crippen molar-refractivity contribution < 1.29 is 4.74 Å². The maximum Gasteiger partial charge on any atom is 0.129 e. The molecule has 1 aliphatic heterocycles. The summed E-state index contributed by atoms with van der Waals surface area (Å²) in [7, 11) is 0. The summed E-state index contributed by atoms with van der Waals surface area (Å²) in [6.45, 7) is 3.16. The van der Waals surface area contributed by atoms with E-state index in [4.69, 9.17) is 14.8 Å². The van der Waals surface area contributed by atoms with Gasteiger partial charge in [0.2, 0.25) is 0 Å². The second-order valence-corrected chi connectivity index (χ2v) is 7.61. The minimum absolute atomic E-state index is 0.731. The predicted octanol–water partition coefficient (Wildman–Crippen LogP) is 4.45. The molecule has 31 heavy (non-hydrogen) atoms. The fourth-order valence-corrected chi connectivity index (χ4v) is 4.28. The first kappa shape index (κ1) is 18.0. The number of para-hydroxylation sites is 1. The van der Waals surface area contributed by atoms with E-state index in [1.165, 1.54) is 0 Å². The van der Waals surface area contributed by atoms with Crippen LogP contribution in [0.5, 0.6) is 0 Å². The number of hydrogen-bond acceptors (Lipinski definition) is 5. The Morgan fingerprint density at radius 1 is 0.839 bits per heavy atom. The van der Waals surface area contributed by atoms with Crippen LogP contribution >= 0.6 is 0 Å². The SMILES string of the molecule is c1cc(-c2nn3ccccc3c2-c2ccnc3ccccc23)nc(N2CCOCC2)c1. The fourth-order valence-electron chi connectivity index (χ4n) is 4.28. The van der Waals surface area contributed by atoms with Crippen LogP contribution in [0, 0.1) is 0 Å². The van der Waals surface area contributed by atoms with E-state index in [-0.39, 0.29) is 0 Å². The Labute approximate surface area is 179 Å². The fraction of sp³-hybridized carbons (Fsp3) is 0.160. The molecule has 0 spiro atoms. The first-order chi connectivity index (χ1) is 15.4. The topological polar surface area (TPSA) is 55.5 Å². The lowest BCUT2D eigenvalue weighted by atomic mass is 9.98. The normalized spacial score (nSPS) is 14.4. The van der Waals surface area contributed by atoms with E-state index in [2.05, 4.69) is 46.3 Å². The van der Waals surface area contributed by atoms with Gasteiger partial charge in [-0.25, -0.2) is 9.50 Å². The van der Waals surface area contributed by atoms with Crippen molar-refractivity contribution in [1.82, 2.24) is 19.6 Å². The van der Waals surface area contributed by atoms with Crippen molar-refractivity contribution in [3.05, 3.63) is 79.1 Å². The summed E-state index contributed by atoms with van der Waals surface area (Å²) in [5, 5.41) is 6.05. The van der Waals surface area contributed by atoms with Crippen LogP contribution in [0.1, 0.15) is 0 Å². The van der Waals surface area contributed by atoms with Gasteiger partial charge in [0.1, 0.15) is 11.5 Å². The summed E-state index contributed by atoms with van der Waals surface area (Å²) in [6, 6.07) is 22.6. The molecule has 0 aliphatic carbocycles. The van der Waals surface area contributed by atoms with Crippen LogP contribution in [-0.4, -0.2) is 45.9 Å². The quantitative estimate of drug-likeness (QED) is 0.442. The number of anilines is 1. The van der Waals surface area contributed by atoms with Crippen LogP contribution in [0.3, 0.4) is 0 Å². The maximum atomic E-state index is 5.50. The van der Waals surface area contributed by atoms with Gasteiger partial charge in [0.25, 0.3) is 0 Å². The zero-order valence-corrected chi connectivity index (χ0v) is 17.0. The lowest BCUT2D eigenvalue weighted by Gasteiger charge is -2.28. The molecular formula is C25H21N5O. The Hall–Kier alpha value is -3.77. The van der Waals surface area contributed by atoms with Gasteiger partial charge in [-0.15, -0.1) is 0 Å². The van der Waals surface area contributed by atoms with E-state index in [9.17, 15) is 0 Å². The van der Waals surface area contributed by atoms with Crippen molar-refractivity contribution in [2.24, 2.45) is 0 Å². The van der Waals surface area contributed by atoms with Gasteiger partial charge in [0.05, 0.1) is 29.9 Å². The van der Waals surface area contributed by atoms with Gasteiger partial charge < -0.3 is 9.64 Å².